The zero-order valence-electron chi connectivity index (χ0n) is 17.4. The smallest absolute Gasteiger partial charge is 0.263 e. The van der Waals surface area contributed by atoms with E-state index in [0.29, 0.717) is 43.1 Å². The minimum absolute atomic E-state index is 0.267. The molecule has 0 unspecified atom stereocenters. The van der Waals surface area contributed by atoms with E-state index in [9.17, 15) is 22.4 Å². The lowest BCUT2D eigenvalue weighted by Gasteiger charge is -2.26. The number of likely N-dealkylation sites (tertiary alicyclic amines) is 1. The molecule has 31 heavy (non-hydrogen) atoms. The molecule has 11 heteroatoms. The van der Waals surface area contributed by atoms with Crippen LogP contribution in [-0.4, -0.2) is 67.5 Å². The van der Waals surface area contributed by atoms with Crippen LogP contribution in [0.1, 0.15) is 26.2 Å². The number of thiazole rings is 1. The minimum Gasteiger partial charge on any atom is -0.380 e. The maximum atomic E-state index is 13.6. The molecule has 1 aliphatic rings. The van der Waals surface area contributed by atoms with Gasteiger partial charge in [0.25, 0.3) is 5.91 Å². The number of halogens is 1. The van der Waals surface area contributed by atoms with E-state index in [0.717, 1.165) is 30.6 Å². The molecule has 0 bridgehead atoms. The molecule has 1 saturated heterocycles. The average molecular weight is 472 g/mol. The van der Waals surface area contributed by atoms with Crippen LogP contribution in [0.4, 0.5) is 4.39 Å². The molecule has 0 N–H and O–H groups in total. The van der Waals surface area contributed by atoms with Gasteiger partial charge in [0.1, 0.15) is 17.3 Å². The third-order valence-electron chi connectivity index (χ3n) is 4.92. The van der Waals surface area contributed by atoms with Crippen LogP contribution in [-0.2, 0) is 30.7 Å². The number of rotatable bonds is 8. The highest BCUT2D eigenvalue weighted by Gasteiger charge is 2.25. The van der Waals surface area contributed by atoms with Crippen molar-refractivity contribution in [2.75, 3.05) is 37.8 Å². The molecule has 1 fully saturated rings. The summed E-state index contributed by atoms with van der Waals surface area (Å²) in [7, 11) is -3.94. The molecule has 1 aromatic heterocycles. The van der Waals surface area contributed by atoms with E-state index >= 15 is 0 Å². The highest BCUT2D eigenvalue weighted by molar-refractivity contribution is 7.92. The Bertz CT molecular complexity index is 1120. The molecule has 2 heterocycles. The van der Waals surface area contributed by atoms with E-state index < -0.39 is 39.0 Å². The van der Waals surface area contributed by atoms with Crippen LogP contribution in [0.25, 0.3) is 10.2 Å². The van der Waals surface area contributed by atoms with Crippen molar-refractivity contribution in [2.24, 2.45) is 4.99 Å². The van der Waals surface area contributed by atoms with Crippen molar-refractivity contribution in [3.8, 4) is 0 Å². The molecule has 1 aromatic carbocycles. The van der Waals surface area contributed by atoms with Crippen LogP contribution < -0.4 is 4.80 Å². The van der Waals surface area contributed by atoms with Gasteiger partial charge in [-0.15, -0.1) is 0 Å². The molecule has 1 aliphatic heterocycles. The second-order valence-corrected chi connectivity index (χ2v) is 10.4. The van der Waals surface area contributed by atoms with Crippen molar-refractivity contribution in [1.29, 1.82) is 0 Å². The van der Waals surface area contributed by atoms with E-state index in [4.69, 9.17) is 4.74 Å². The number of carbonyl (C=O) groups is 2. The van der Waals surface area contributed by atoms with Gasteiger partial charge in [-0.3, -0.25) is 9.59 Å². The summed E-state index contributed by atoms with van der Waals surface area (Å²) in [6, 6.07) is 4.24. The number of piperidine rings is 1. The van der Waals surface area contributed by atoms with E-state index in [1.165, 1.54) is 17.0 Å². The molecule has 0 spiro atoms. The first-order valence-electron chi connectivity index (χ1n) is 10.2. The van der Waals surface area contributed by atoms with E-state index in [1.807, 2.05) is 6.92 Å². The summed E-state index contributed by atoms with van der Waals surface area (Å²) in [4.78, 5) is 30.5. The van der Waals surface area contributed by atoms with Crippen LogP contribution in [0, 0.1) is 5.82 Å². The number of nitrogens with zero attached hydrogens (tertiary/aromatic N) is 3. The maximum absolute atomic E-state index is 13.6. The lowest BCUT2D eigenvalue weighted by molar-refractivity contribution is -0.129. The predicted octanol–water partition coefficient (Wildman–Crippen LogP) is 1.73. The highest BCUT2D eigenvalue weighted by Crippen LogP contribution is 2.18. The fourth-order valence-electron chi connectivity index (χ4n) is 3.45. The van der Waals surface area contributed by atoms with Gasteiger partial charge in [0.2, 0.25) is 5.91 Å². The Morgan fingerprint density at radius 1 is 1.19 bits per heavy atom. The fraction of sp³-hybridized carbons (Fsp3) is 0.550. The summed E-state index contributed by atoms with van der Waals surface area (Å²) >= 11 is 1.10. The van der Waals surface area contributed by atoms with Crippen LogP contribution in [0.5, 0.6) is 0 Å². The first-order chi connectivity index (χ1) is 14.8. The molecule has 8 nitrogen and oxygen atoms in total. The Morgan fingerprint density at radius 3 is 2.65 bits per heavy atom. The van der Waals surface area contributed by atoms with Crippen LogP contribution in [0.2, 0.25) is 0 Å². The number of aromatic nitrogens is 1. The quantitative estimate of drug-likeness (QED) is 0.546. The summed E-state index contributed by atoms with van der Waals surface area (Å²) in [6.07, 6.45) is 2.74. The van der Waals surface area contributed by atoms with Crippen molar-refractivity contribution in [3.05, 3.63) is 28.8 Å². The van der Waals surface area contributed by atoms with Gasteiger partial charge in [-0.05, 0) is 44.4 Å². The van der Waals surface area contributed by atoms with Crippen molar-refractivity contribution >= 4 is 43.2 Å². The van der Waals surface area contributed by atoms with E-state index in [2.05, 4.69) is 4.99 Å². The standard InChI is InChI=1S/C20H26FN3O5S2/c1-2-29-11-10-24-16-7-6-15(21)12-17(16)30-20(24)22-18(25)13-31(27,28)14-19(26)23-8-4-3-5-9-23/h6-7,12H,2-5,8-11,13-14H2,1H3. The first kappa shape index (κ1) is 23.6. The molecule has 0 aliphatic carbocycles. The van der Waals surface area contributed by atoms with Crippen LogP contribution in [0.3, 0.4) is 0 Å². The number of sulfone groups is 1. The summed E-state index contributed by atoms with van der Waals surface area (Å²) in [6.45, 7) is 4.22. The molecule has 2 amide bonds. The van der Waals surface area contributed by atoms with E-state index in [-0.39, 0.29) is 4.80 Å². The molecule has 2 aromatic rings. The largest absolute Gasteiger partial charge is 0.380 e. The van der Waals surface area contributed by atoms with E-state index in [1.54, 1.807) is 10.6 Å². The Hall–Kier alpha value is -2.11. The predicted molar refractivity (Wildman–Crippen MR) is 116 cm³/mol. The summed E-state index contributed by atoms with van der Waals surface area (Å²) in [5.41, 5.74) is 0.681. The molecular formula is C20H26FN3O5S2. The number of benzene rings is 1. The second-order valence-electron chi connectivity index (χ2n) is 7.32. The van der Waals surface area contributed by atoms with Gasteiger partial charge in [-0.1, -0.05) is 11.3 Å². The van der Waals surface area contributed by atoms with Gasteiger partial charge in [0, 0.05) is 26.2 Å². The topological polar surface area (TPSA) is 98.0 Å². The van der Waals surface area contributed by atoms with Gasteiger partial charge in [0.05, 0.1) is 16.8 Å². The van der Waals surface area contributed by atoms with Crippen molar-refractivity contribution < 1.29 is 27.1 Å². The SMILES string of the molecule is CCOCCn1c(=NC(=O)CS(=O)(=O)CC(=O)N2CCCCC2)sc2cc(F)ccc21. The number of amides is 2. The molecule has 170 valence electrons. The number of fused-ring (bicyclic) bond motifs is 1. The lowest BCUT2D eigenvalue weighted by atomic mass is 10.1. The van der Waals surface area contributed by atoms with Crippen molar-refractivity contribution in [1.82, 2.24) is 9.47 Å². The third kappa shape index (κ3) is 6.44. The Morgan fingerprint density at radius 2 is 1.94 bits per heavy atom. The molecule has 0 atom stereocenters. The van der Waals surface area contributed by atoms with Gasteiger partial charge in [-0.25, -0.2) is 12.8 Å². The molecular weight excluding hydrogens is 445 g/mol. The first-order valence-corrected chi connectivity index (χ1v) is 12.9. The normalized spacial score (nSPS) is 15.5. The lowest BCUT2D eigenvalue weighted by Crippen LogP contribution is -2.40. The number of carbonyl (C=O) groups excluding carboxylic acids is 2. The van der Waals surface area contributed by atoms with Crippen molar-refractivity contribution in [3.63, 3.8) is 0 Å². The second kappa shape index (κ2) is 10.5. The number of hydrogen-bond donors (Lipinski definition) is 0. The summed E-state index contributed by atoms with van der Waals surface area (Å²) in [5, 5.41) is 0. The summed E-state index contributed by atoms with van der Waals surface area (Å²) < 4.78 is 46.1. The zero-order chi connectivity index (χ0) is 22.4. The molecule has 0 radical (unpaired) electrons. The number of hydrogen-bond acceptors (Lipinski definition) is 6. The molecule has 0 saturated carbocycles. The van der Waals surface area contributed by atoms with Gasteiger partial charge in [-0.2, -0.15) is 4.99 Å². The average Bonchev–Trinajstić information content (AvgIpc) is 3.03. The Labute approximate surface area is 184 Å². The van der Waals surface area contributed by atoms with Crippen LogP contribution >= 0.6 is 11.3 Å². The Balaban J connectivity index is 1.78. The van der Waals surface area contributed by atoms with Crippen LogP contribution in [0.15, 0.2) is 23.2 Å². The Kier molecular flexibility index (Phi) is 7.95. The maximum Gasteiger partial charge on any atom is 0.263 e. The van der Waals surface area contributed by atoms with Gasteiger partial charge in [0.15, 0.2) is 14.6 Å². The monoisotopic (exact) mass is 471 g/mol. The third-order valence-corrected chi connectivity index (χ3v) is 7.34. The summed E-state index contributed by atoms with van der Waals surface area (Å²) in [5.74, 6) is -3.29. The van der Waals surface area contributed by atoms with Gasteiger partial charge < -0.3 is 14.2 Å². The highest BCUT2D eigenvalue weighted by atomic mass is 32.2. The number of ether oxygens (including phenoxy) is 1. The zero-order valence-corrected chi connectivity index (χ0v) is 19.0. The molecule has 3 rings (SSSR count). The van der Waals surface area contributed by atoms with Crippen molar-refractivity contribution in [2.45, 2.75) is 32.7 Å². The van der Waals surface area contributed by atoms with Gasteiger partial charge >= 0.3 is 0 Å². The fourth-order valence-corrected chi connectivity index (χ4v) is 5.65. The minimum atomic E-state index is -3.94.